The van der Waals surface area contributed by atoms with Crippen molar-refractivity contribution in [1.82, 2.24) is 15.5 Å². The fraction of sp³-hybridized carbons (Fsp3) is 0.521. The third-order valence-corrected chi connectivity index (χ3v) is 12.3. The van der Waals surface area contributed by atoms with Crippen molar-refractivity contribution in [2.45, 2.75) is 122 Å². The minimum absolute atomic E-state index is 0.000116. The number of ether oxygens (including phenoxy) is 1. The third-order valence-electron chi connectivity index (χ3n) is 12.3. The number of benzene rings is 3. The number of ketones is 1. The number of hydrogen-bond acceptors (Lipinski definition) is 7. The van der Waals surface area contributed by atoms with Crippen molar-refractivity contribution in [1.29, 1.82) is 0 Å². The summed E-state index contributed by atoms with van der Waals surface area (Å²) < 4.78 is 45.5. The second kappa shape index (κ2) is 19.3. The molecule has 3 amide bonds. The zero-order chi connectivity index (χ0) is 44.1. The van der Waals surface area contributed by atoms with Crippen LogP contribution in [-0.4, -0.2) is 78.8 Å². The van der Waals surface area contributed by atoms with E-state index in [4.69, 9.17) is 4.74 Å². The van der Waals surface area contributed by atoms with E-state index >= 15 is 0 Å². The van der Waals surface area contributed by atoms with Crippen LogP contribution in [-0.2, 0) is 27.2 Å². The van der Waals surface area contributed by atoms with Crippen LogP contribution in [0.1, 0.15) is 106 Å². The van der Waals surface area contributed by atoms with Crippen LogP contribution in [0.4, 0.5) is 29.3 Å². The number of rotatable bonds is 13. The Morgan fingerprint density at radius 1 is 0.869 bits per heavy atom. The van der Waals surface area contributed by atoms with E-state index in [9.17, 15) is 32.3 Å². The van der Waals surface area contributed by atoms with Crippen LogP contribution in [0.25, 0.3) is 11.1 Å². The van der Waals surface area contributed by atoms with Crippen LogP contribution >= 0.6 is 0 Å². The molecule has 2 aliphatic carbocycles. The molecule has 6 rings (SSSR count). The first-order valence-corrected chi connectivity index (χ1v) is 21.6. The SMILES string of the molecule is Cc1cc(C(=O)NC2CCC(N(C)C)CC2)ccc1-c1ccc(C[C@H](CC(=O)C2CCC(CNC(=O)OC(C)(C)C)CC2)C(=O)Nc2ccc3c(c2)N=C(C(F)(F)F)C3)cc1. The van der Waals surface area contributed by atoms with E-state index < -0.39 is 35.4 Å². The number of alkyl halides is 3. The molecule has 0 saturated heterocycles. The Morgan fingerprint density at radius 3 is 2.18 bits per heavy atom. The van der Waals surface area contributed by atoms with Crippen molar-refractivity contribution in [2.75, 3.05) is 26.0 Å². The molecular formula is C48H60F3N5O5. The van der Waals surface area contributed by atoms with Crippen LogP contribution in [0.15, 0.2) is 65.7 Å². The smallest absolute Gasteiger partial charge is 0.429 e. The number of fused-ring (bicyclic) bond motifs is 1. The van der Waals surface area contributed by atoms with E-state index in [-0.39, 0.29) is 54.5 Å². The maximum absolute atomic E-state index is 14.0. The van der Waals surface area contributed by atoms with Crippen molar-refractivity contribution in [3.05, 3.63) is 82.9 Å². The lowest BCUT2D eigenvalue weighted by Crippen LogP contribution is -2.41. The number of anilines is 1. The molecule has 3 N–H and O–H groups in total. The highest BCUT2D eigenvalue weighted by atomic mass is 19.4. The Balaban J connectivity index is 1.11. The van der Waals surface area contributed by atoms with Gasteiger partial charge in [0.15, 0.2) is 0 Å². The molecule has 0 aromatic heterocycles. The monoisotopic (exact) mass is 843 g/mol. The van der Waals surface area contributed by atoms with Gasteiger partial charge in [0.25, 0.3) is 5.91 Å². The van der Waals surface area contributed by atoms with Crippen LogP contribution in [0.2, 0.25) is 0 Å². The average molecular weight is 844 g/mol. The summed E-state index contributed by atoms with van der Waals surface area (Å²) in [5.41, 5.74) is 3.78. The molecule has 0 radical (unpaired) electrons. The van der Waals surface area contributed by atoms with Crippen LogP contribution in [0, 0.1) is 24.7 Å². The van der Waals surface area contributed by atoms with Gasteiger partial charge in [-0.25, -0.2) is 9.79 Å². The number of nitrogens with one attached hydrogen (secondary N) is 3. The maximum atomic E-state index is 14.0. The van der Waals surface area contributed by atoms with Gasteiger partial charge in [0, 0.05) is 54.6 Å². The highest BCUT2D eigenvalue weighted by Crippen LogP contribution is 2.36. The highest BCUT2D eigenvalue weighted by Gasteiger charge is 2.39. The molecule has 0 bridgehead atoms. The molecule has 61 heavy (non-hydrogen) atoms. The first-order chi connectivity index (χ1) is 28.8. The molecule has 3 aromatic carbocycles. The zero-order valence-corrected chi connectivity index (χ0v) is 36.2. The molecule has 1 aliphatic heterocycles. The van der Waals surface area contributed by atoms with E-state index in [1.165, 1.54) is 6.07 Å². The molecule has 3 aliphatic rings. The lowest BCUT2D eigenvalue weighted by molar-refractivity contribution is -0.129. The standard InChI is InChI=1S/C48H60F3N5O5/c1-29-23-35(44(58)53-37-18-20-39(21-19-37)56(5)6)16-22-40(29)32-11-7-30(8-12-32)24-36(45(59)54-38-17-15-34-26-43(48(49,50)51)55-41(34)27-38)25-42(57)33-13-9-31(10-14-33)28-52-46(60)61-47(2,3)4/h7-8,11-12,15-17,22-23,27,31,33,36-37,39H,9-10,13-14,18-21,24-26,28H2,1-6H3,(H,52,60)(H,53,58)(H,54,59)/t31?,33?,36-,37?,39?/m1/s1. The molecular weight excluding hydrogens is 784 g/mol. The fourth-order valence-electron chi connectivity index (χ4n) is 8.80. The molecule has 2 fully saturated rings. The van der Waals surface area contributed by atoms with Gasteiger partial charge in [-0.3, -0.25) is 14.4 Å². The summed E-state index contributed by atoms with van der Waals surface area (Å²) >= 11 is 0. The van der Waals surface area contributed by atoms with Crippen LogP contribution < -0.4 is 16.0 Å². The van der Waals surface area contributed by atoms with Gasteiger partial charge in [-0.15, -0.1) is 0 Å². The molecule has 0 spiro atoms. The van der Waals surface area contributed by atoms with Crippen molar-refractivity contribution >= 4 is 40.8 Å². The van der Waals surface area contributed by atoms with Crippen LogP contribution in [0.3, 0.4) is 0 Å². The predicted octanol–water partition coefficient (Wildman–Crippen LogP) is 9.54. The Kier molecular flexibility index (Phi) is 14.4. The second-order valence-electron chi connectivity index (χ2n) is 18.4. The van der Waals surface area contributed by atoms with Gasteiger partial charge < -0.3 is 25.6 Å². The van der Waals surface area contributed by atoms with Gasteiger partial charge in [0.2, 0.25) is 5.91 Å². The predicted molar refractivity (Wildman–Crippen MR) is 232 cm³/mol. The highest BCUT2D eigenvalue weighted by molar-refractivity contribution is 6.00. The Hall–Kier alpha value is -5.04. The Morgan fingerprint density at radius 2 is 1.56 bits per heavy atom. The van der Waals surface area contributed by atoms with Crippen molar-refractivity contribution in [3.63, 3.8) is 0 Å². The summed E-state index contributed by atoms with van der Waals surface area (Å²) in [4.78, 5) is 59.2. The number of aryl methyl sites for hydroxylation is 1. The first kappa shape index (κ1) is 45.5. The van der Waals surface area contributed by atoms with E-state index in [1.54, 1.807) is 32.9 Å². The van der Waals surface area contributed by atoms with E-state index in [1.807, 2.05) is 49.4 Å². The number of carbonyl (C=O) groups excluding carboxylic acids is 4. The summed E-state index contributed by atoms with van der Waals surface area (Å²) in [6.45, 7) is 7.86. The van der Waals surface area contributed by atoms with Gasteiger partial charge in [0.05, 0.1) is 5.69 Å². The number of hydrogen-bond donors (Lipinski definition) is 3. The van der Waals surface area contributed by atoms with Crippen molar-refractivity contribution < 1.29 is 37.1 Å². The number of aliphatic imine (C=N–C) groups is 1. The van der Waals surface area contributed by atoms with Crippen molar-refractivity contribution in [3.8, 4) is 11.1 Å². The number of Topliss-reactive ketones (excluding diaryl/α,β-unsaturated/α-hetero) is 1. The van der Waals surface area contributed by atoms with Crippen molar-refractivity contribution in [2.24, 2.45) is 22.7 Å². The summed E-state index contributed by atoms with van der Waals surface area (Å²) in [5.74, 6) is -1.24. The molecule has 1 heterocycles. The van der Waals surface area contributed by atoms with Gasteiger partial charge in [-0.1, -0.05) is 36.4 Å². The van der Waals surface area contributed by atoms with Gasteiger partial charge in [0.1, 0.15) is 17.1 Å². The van der Waals surface area contributed by atoms with Gasteiger partial charge in [-0.05, 0) is 158 Å². The normalized spacial score (nSPS) is 20.9. The number of amides is 3. The second-order valence-corrected chi connectivity index (χ2v) is 18.4. The minimum Gasteiger partial charge on any atom is -0.444 e. The molecule has 13 heteroatoms. The topological polar surface area (TPSA) is 129 Å². The minimum atomic E-state index is -4.54. The van der Waals surface area contributed by atoms with E-state index in [0.29, 0.717) is 42.2 Å². The average Bonchev–Trinajstić information content (AvgIpc) is 3.65. The quantitative estimate of drug-likeness (QED) is 0.157. The fourth-order valence-corrected chi connectivity index (χ4v) is 8.80. The Bertz CT molecular complexity index is 2090. The largest absolute Gasteiger partial charge is 0.444 e. The molecule has 1 atom stereocenters. The number of alkyl carbamates (subject to hydrolysis) is 1. The van der Waals surface area contributed by atoms with Gasteiger partial charge >= 0.3 is 12.3 Å². The van der Waals surface area contributed by atoms with Gasteiger partial charge in [-0.2, -0.15) is 13.2 Å². The van der Waals surface area contributed by atoms with E-state index in [0.717, 1.165) is 60.8 Å². The molecule has 328 valence electrons. The molecule has 0 unspecified atom stereocenters. The third kappa shape index (κ3) is 12.5. The molecule has 3 aromatic rings. The summed E-state index contributed by atoms with van der Waals surface area (Å²) in [5, 5.41) is 8.93. The number of nitrogens with zero attached hydrogens (tertiary/aromatic N) is 2. The lowest BCUT2D eigenvalue weighted by atomic mass is 9.77. The lowest BCUT2D eigenvalue weighted by Gasteiger charge is -2.33. The number of halogens is 3. The zero-order valence-electron chi connectivity index (χ0n) is 36.2. The summed E-state index contributed by atoms with van der Waals surface area (Å²) in [7, 11) is 4.20. The number of carbonyl (C=O) groups is 4. The summed E-state index contributed by atoms with van der Waals surface area (Å²) in [6.07, 6.45) is 1.77. The van der Waals surface area contributed by atoms with E-state index in [2.05, 4.69) is 39.9 Å². The summed E-state index contributed by atoms with van der Waals surface area (Å²) in [6, 6.07) is 18.8. The molecule has 2 saturated carbocycles. The maximum Gasteiger partial charge on any atom is 0.429 e. The Labute approximate surface area is 357 Å². The first-order valence-electron chi connectivity index (χ1n) is 21.6. The van der Waals surface area contributed by atoms with Crippen LogP contribution in [0.5, 0.6) is 0 Å². The molecule has 10 nitrogen and oxygen atoms in total.